The van der Waals surface area contributed by atoms with Gasteiger partial charge in [-0.3, -0.25) is 0 Å². The lowest BCUT2D eigenvalue weighted by molar-refractivity contribution is 0.593. The Morgan fingerprint density at radius 3 is 1.62 bits per heavy atom. The summed E-state index contributed by atoms with van der Waals surface area (Å²) >= 11 is 4.39. The van der Waals surface area contributed by atoms with E-state index in [1.807, 2.05) is 0 Å². The van der Waals surface area contributed by atoms with Crippen molar-refractivity contribution in [3.05, 3.63) is 12.8 Å². The number of hydrogen-bond acceptors (Lipinski definition) is 0. The number of rotatable bonds is 0. The molecule has 0 unspecified atom stereocenters. The number of hydrogen-bond donors (Lipinski definition) is 0. The first-order valence-corrected chi connectivity index (χ1v) is 3.62. The molecule has 2 radical (unpaired) electrons. The van der Waals surface area contributed by atoms with Crippen LogP contribution in [0.5, 0.6) is 0 Å². The molecule has 1 heteroatoms. The average molecular weight is 133 g/mol. The van der Waals surface area contributed by atoms with Gasteiger partial charge in [0.1, 0.15) is 0 Å². The fourth-order valence-corrected chi connectivity index (χ4v) is 0.898. The lowest BCUT2D eigenvalue weighted by Crippen LogP contribution is -1.87. The van der Waals surface area contributed by atoms with Crippen molar-refractivity contribution >= 4 is 11.6 Å². The van der Waals surface area contributed by atoms with Crippen LogP contribution in [0, 0.1) is 12.8 Å². The van der Waals surface area contributed by atoms with Crippen LogP contribution in [0.3, 0.4) is 0 Å². The molecular weight excluding hydrogens is 120 g/mol. The molecule has 0 aromatic carbocycles. The van der Waals surface area contributed by atoms with Gasteiger partial charge in [0.05, 0.1) is 0 Å². The first-order valence-electron chi connectivity index (χ1n) is 3.08. The largest absolute Gasteiger partial charge is 0.125 e. The van der Waals surface area contributed by atoms with Crippen LogP contribution < -0.4 is 0 Å². The molecule has 0 aromatic heterocycles. The molecule has 0 nitrogen and oxygen atoms in total. The second kappa shape index (κ2) is 7.29. The minimum Gasteiger partial charge on any atom is -0.125 e. The summed E-state index contributed by atoms with van der Waals surface area (Å²) in [6.07, 6.45) is 12.2. The van der Waals surface area contributed by atoms with E-state index < -0.39 is 0 Å². The fraction of sp³-hybridized carbons (Fsp3) is 0.714. The second-order valence-corrected chi connectivity index (χ2v) is 1.93. The van der Waals surface area contributed by atoms with Gasteiger partial charge in [-0.1, -0.05) is 32.1 Å². The molecular formula is C7H13Cl. The van der Waals surface area contributed by atoms with Crippen LogP contribution in [-0.2, 0) is 0 Å². The van der Waals surface area contributed by atoms with Crippen molar-refractivity contribution in [1.82, 2.24) is 0 Å². The van der Waals surface area contributed by atoms with Gasteiger partial charge in [-0.2, -0.15) is 0 Å². The zero-order chi connectivity index (χ0) is 6.24. The Kier molecular flexibility index (Phi) is 7.55. The maximum Gasteiger partial charge on any atom is 0.0359 e. The van der Waals surface area contributed by atoms with Gasteiger partial charge >= 0.3 is 0 Å². The molecule has 0 N–H and O–H groups in total. The van der Waals surface area contributed by atoms with Gasteiger partial charge in [-0.25, -0.2) is 0 Å². The van der Waals surface area contributed by atoms with Crippen LogP contribution in [0.4, 0.5) is 0 Å². The molecule has 0 heterocycles. The van der Waals surface area contributed by atoms with Crippen molar-refractivity contribution in [2.45, 2.75) is 32.1 Å². The summed E-state index contributed by atoms with van der Waals surface area (Å²) in [5.41, 5.74) is 0. The zero-order valence-electron chi connectivity index (χ0n) is 5.20. The third kappa shape index (κ3) is 4.45. The van der Waals surface area contributed by atoms with Crippen LogP contribution in [0.15, 0.2) is 0 Å². The average Bonchev–Trinajstić information content (AvgIpc) is 1.96. The predicted molar refractivity (Wildman–Crippen MR) is 38.6 cm³/mol. The Balaban J connectivity index is 0.000000222. The normalized spacial score (nSPS) is 18.8. The molecule has 1 saturated carbocycles. The third-order valence-corrected chi connectivity index (χ3v) is 1.32. The summed E-state index contributed by atoms with van der Waals surface area (Å²) in [5.74, 6) is 0. The maximum absolute atomic E-state index is 4.39. The molecule has 0 spiro atoms. The molecule has 0 saturated heterocycles. The van der Waals surface area contributed by atoms with Gasteiger partial charge in [0, 0.05) is 6.38 Å². The Hall–Kier alpha value is 0.290. The molecule has 0 aromatic rings. The lowest BCUT2D eigenvalue weighted by Gasteiger charge is -2.05. The monoisotopic (exact) mass is 132 g/mol. The van der Waals surface area contributed by atoms with Gasteiger partial charge in [0.15, 0.2) is 0 Å². The van der Waals surface area contributed by atoms with Crippen LogP contribution in [0.25, 0.3) is 0 Å². The van der Waals surface area contributed by atoms with Crippen LogP contribution in [-0.4, -0.2) is 0 Å². The van der Waals surface area contributed by atoms with Crippen molar-refractivity contribution in [3.8, 4) is 0 Å². The SMILES string of the molecule is [CH2]Cl.[CH]1CCCCC1. The van der Waals surface area contributed by atoms with E-state index >= 15 is 0 Å². The Morgan fingerprint density at radius 2 is 1.50 bits per heavy atom. The predicted octanol–water partition coefficient (Wildman–Crippen LogP) is 3.17. The minimum absolute atomic E-state index is 1.38. The van der Waals surface area contributed by atoms with Crippen LogP contribution in [0.2, 0.25) is 0 Å². The zero-order valence-corrected chi connectivity index (χ0v) is 5.95. The van der Waals surface area contributed by atoms with Gasteiger partial charge in [0.25, 0.3) is 0 Å². The highest BCUT2D eigenvalue weighted by Gasteiger charge is 1.95. The highest BCUT2D eigenvalue weighted by Crippen LogP contribution is 2.14. The molecule has 1 fully saturated rings. The molecule has 0 amide bonds. The summed E-state index contributed by atoms with van der Waals surface area (Å²) in [6, 6.07) is 0. The Morgan fingerprint density at radius 1 is 1.00 bits per heavy atom. The molecule has 48 valence electrons. The van der Waals surface area contributed by atoms with Gasteiger partial charge in [-0.05, 0) is 6.42 Å². The maximum atomic E-state index is 4.39. The van der Waals surface area contributed by atoms with E-state index in [9.17, 15) is 0 Å². The molecule has 0 atom stereocenters. The van der Waals surface area contributed by atoms with Gasteiger partial charge in [0.2, 0.25) is 0 Å². The van der Waals surface area contributed by atoms with Crippen LogP contribution in [0.1, 0.15) is 32.1 Å². The standard InChI is InChI=1S/C6H11.CH2Cl/c1-2-4-6-5-3-1;1-2/h1H,2-6H2;1H2. The van der Waals surface area contributed by atoms with E-state index in [1.165, 1.54) is 32.1 Å². The molecule has 1 rings (SSSR count). The van der Waals surface area contributed by atoms with E-state index in [4.69, 9.17) is 0 Å². The third-order valence-electron chi connectivity index (χ3n) is 1.32. The molecule has 1 aliphatic rings. The Bertz CT molecular complexity index is 19.9. The summed E-state index contributed by atoms with van der Waals surface area (Å²) in [5, 5.41) is 0. The Labute approximate surface area is 57.2 Å². The van der Waals surface area contributed by atoms with Crippen molar-refractivity contribution in [3.63, 3.8) is 0 Å². The summed E-state index contributed by atoms with van der Waals surface area (Å²) in [7, 11) is 0. The smallest absolute Gasteiger partial charge is 0.0359 e. The van der Waals surface area contributed by atoms with E-state index in [0.29, 0.717) is 0 Å². The first kappa shape index (κ1) is 8.29. The van der Waals surface area contributed by atoms with Crippen molar-refractivity contribution in [2.24, 2.45) is 0 Å². The van der Waals surface area contributed by atoms with Gasteiger partial charge < -0.3 is 0 Å². The fourth-order valence-electron chi connectivity index (χ4n) is 0.898. The molecule has 1 aliphatic carbocycles. The number of halogens is 1. The minimum atomic E-state index is 1.38. The van der Waals surface area contributed by atoms with E-state index in [0.717, 1.165) is 0 Å². The quantitative estimate of drug-likeness (QED) is 0.475. The van der Waals surface area contributed by atoms with Crippen molar-refractivity contribution in [1.29, 1.82) is 0 Å². The van der Waals surface area contributed by atoms with Crippen molar-refractivity contribution in [2.75, 3.05) is 0 Å². The molecule has 0 aliphatic heterocycles. The summed E-state index contributed by atoms with van der Waals surface area (Å²) in [6.45, 7) is 0. The van der Waals surface area contributed by atoms with E-state index in [1.54, 1.807) is 0 Å². The second-order valence-electron chi connectivity index (χ2n) is 1.93. The summed E-state index contributed by atoms with van der Waals surface area (Å²) in [4.78, 5) is 0. The van der Waals surface area contributed by atoms with E-state index in [2.05, 4.69) is 24.4 Å². The highest BCUT2D eigenvalue weighted by molar-refractivity contribution is 6.19. The first-order chi connectivity index (χ1) is 4.00. The van der Waals surface area contributed by atoms with Crippen LogP contribution >= 0.6 is 11.6 Å². The van der Waals surface area contributed by atoms with Gasteiger partial charge in [-0.15, -0.1) is 11.6 Å². The summed E-state index contributed by atoms with van der Waals surface area (Å²) < 4.78 is 0. The van der Waals surface area contributed by atoms with Crippen molar-refractivity contribution < 1.29 is 0 Å². The van der Waals surface area contributed by atoms with E-state index in [-0.39, 0.29) is 0 Å². The highest BCUT2D eigenvalue weighted by atomic mass is 35.5. The topological polar surface area (TPSA) is 0 Å². The lowest BCUT2D eigenvalue weighted by atomic mass is 10.0. The molecule has 0 bridgehead atoms. The molecule has 8 heavy (non-hydrogen) atoms.